The Morgan fingerprint density at radius 2 is 1.67 bits per heavy atom. The second-order valence-electron chi connectivity index (χ2n) is 4.48. The smallest absolute Gasteiger partial charge is 0.337 e. The number of rotatable bonds is 4. The van der Waals surface area contributed by atoms with Gasteiger partial charge in [-0.05, 0) is 56.1 Å². The number of hydrazine groups is 1. The van der Waals surface area contributed by atoms with Crippen LogP contribution in [0.4, 0.5) is 14.9 Å². The van der Waals surface area contributed by atoms with Crippen molar-refractivity contribution in [2.24, 2.45) is 0 Å². The molecular weight excluding hydrogens is 449 g/mol. The van der Waals surface area contributed by atoms with E-state index in [9.17, 15) is 14.0 Å². The summed E-state index contributed by atoms with van der Waals surface area (Å²) in [6, 6.07) is 10.6. The first kappa shape index (κ1) is 18.2. The molecule has 3 N–H and O–H groups in total. The van der Waals surface area contributed by atoms with E-state index in [1.54, 1.807) is 24.3 Å². The van der Waals surface area contributed by atoms with Gasteiger partial charge in [0, 0.05) is 5.69 Å². The lowest BCUT2D eigenvalue weighted by Gasteiger charge is -2.12. The first-order valence-electron chi connectivity index (χ1n) is 6.64. The Morgan fingerprint density at radius 3 is 2.29 bits per heavy atom. The average Bonchev–Trinajstić information content (AvgIpc) is 2.53. The Labute approximate surface area is 154 Å². The molecule has 2 rings (SSSR count). The maximum Gasteiger partial charge on any atom is 0.337 e. The summed E-state index contributed by atoms with van der Waals surface area (Å²) in [4.78, 5) is 23.3. The Morgan fingerprint density at radius 1 is 1.04 bits per heavy atom. The van der Waals surface area contributed by atoms with Crippen LogP contribution in [0.15, 0.2) is 51.4 Å². The van der Waals surface area contributed by atoms with Crippen molar-refractivity contribution in [3.05, 3.63) is 57.2 Å². The third-order valence-electron chi connectivity index (χ3n) is 2.66. The van der Waals surface area contributed by atoms with Crippen molar-refractivity contribution >= 4 is 49.5 Å². The van der Waals surface area contributed by atoms with Crippen molar-refractivity contribution in [1.82, 2.24) is 10.9 Å². The molecule has 0 bridgehead atoms. The number of hydrogen-bond acceptors (Lipinski definition) is 3. The first-order chi connectivity index (χ1) is 11.5. The molecule has 0 atom stereocenters. The van der Waals surface area contributed by atoms with Crippen molar-refractivity contribution in [2.45, 2.75) is 0 Å². The molecular formula is C15H12Br2FN3O3. The Bertz CT molecular complexity index is 721. The topological polar surface area (TPSA) is 79.5 Å². The van der Waals surface area contributed by atoms with Gasteiger partial charge in [0.25, 0.3) is 5.91 Å². The van der Waals surface area contributed by atoms with Crippen molar-refractivity contribution in [2.75, 3.05) is 11.9 Å². The molecule has 2 aromatic rings. The molecule has 0 saturated carbocycles. The number of halogens is 3. The largest absolute Gasteiger partial charge is 0.481 e. The lowest BCUT2D eigenvalue weighted by Crippen LogP contribution is -2.45. The predicted octanol–water partition coefficient (Wildman–Crippen LogP) is 3.58. The van der Waals surface area contributed by atoms with E-state index in [0.717, 1.165) is 0 Å². The highest BCUT2D eigenvalue weighted by Gasteiger charge is 2.12. The van der Waals surface area contributed by atoms with Gasteiger partial charge >= 0.3 is 6.03 Å². The molecule has 0 spiro atoms. The zero-order chi connectivity index (χ0) is 17.5. The summed E-state index contributed by atoms with van der Waals surface area (Å²) >= 11 is 6.28. The van der Waals surface area contributed by atoms with Crippen LogP contribution in [0, 0.1) is 5.82 Å². The molecule has 0 saturated heterocycles. The summed E-state index contributed by atoms with van der Waals surface area (Å²) in [5.74, 6) is -0.758. The lowest BCUT2D eigenvalue weighted by atomic mass is 10.3. The number of hydrogen-bond donors (Lipinski definition) is 3. The van der Waals surface area contributed by atoms with Crippen molar-refractivity contribution in [3.8, 4) is 5.75 Å². The van der Waals surface area contributed by atoms with Gasteiger partial charge in [-0.25, -0.2) is 14.6 Å². The van der Waals surface area contributed by atoms with E-state index in [1.807, 2.05) is 6.07 Å². The van der Waals surface area contributed by atoms with Gasteiger partial charge in [-0.3, -0.25) is 10.2 Å². The Hall–Kier alpha value is -2.13. The fraction of sp³-hybridized carbons (Fsp3) is 0.0667. The van der Waals surface area contributed by atoms with Crippen LogP contribution in [0.3, 0.4) is 0 Å². The van der Waals surface area contributed by atoms with Gasteiger partial charge in [0.1, 0.15) is 11.6 Å². The highest BCUT2D eigenvalue weighted by molar-refractivity contribution is 9.11. The van der Waals surface area contributed by atoms with Gasteiger partial charge in [-0.2, -0.15) is 0 Å². The van der Waals surface area contributed by atoms with E-state index in [4.69, 9.17) is 4.74 Å². The van der Waals surface area contributed by atoms with Gasteiger partial charge in [-0.1, -0.05) is 18.2 Å². The summed E-state index contributed by atoms with van der Waals surface area (Å²) in [5, 5.41) is 2.53. The van der Waals surface area contributed by atoms with Crippen LogP contribution in [-0.2, 0) is 4.79 Å². The van der Waals surface area contributed by atoms with Crippen LogP contribution in [0.2, 0.25) is 0 Å². The monoisotopic (exact) mass is 459 g/mol. The third-order valence-corrected chi connectivity index (χ3v) is 3.84. The zero-order valence-electron chi connectivity index (χ0n) is 12.1. The zero-order valence-corrected chi connectivity index (χ0v) is 15.3. The molecule has 0 aromatic heterocycles. The second-order valence-corrected chi connectivity index (χ2v) is 6.19. The fourth-order valence-electron chi connectivity index (χ4n) is 1.65. The summed E-state index contributed by atoms with van der Waals surface area (Å²) in [6.45, 7) is -0.367. The Kier molecular flexibility index (Phi) is 6.56. The number of carbonyl (C=O) groups is 2. The minimum atomic E-state index is -0.598. The van der Waals surface area contributed by atoms with Crippen LogP contribution < -0.4 is 20.9 Å². The van der Waals surface area contributed by atoms with Crippen molar-refractivity contribution in [1.29, 1.82) is 0 Å². The van der Waals surface area contributed by atoms with Crippen LogP contribution in [-0.4, -0.2) is 18.5 Å². The maximum atomic E-state index is 13.1. The number of nitrogens with one attached hydrogen (secondary N) is 3. The van der Waals surface area contributed by atoms with Crippen LogP contribution in [0.1, 0.15) is 0 Å². The number of urea groups is 1. The number of benzene rings is 2. The second kappa shape index (κ2) is 8.65. The molecule has 0 aliphatic heterocycles. The van der Waals surface area contributed by atoms with E-state index >= 15 is 0 Å². The van der Waals surface area contributed by atoms with E-state index < -0.39 is 17.8 Å². The molecule has 0 unspecified atom stereocenters. The molecule has 24 heavy (non-hydrogen) atoms. The van der Waals surface area contributed by atoms with E-state index in [1.165, 1.54) is 12.1 Å². The molecule has 3 amide bonds. The highest BCUT2D eigenvalue weighted by Crippen LogP contribution is 2.34. The Balaban J connectivity index is 1.79. The lowest BCUT2D eigenvalue weighted by molar-refractivity contribution is -0.123. The van der Waals surface area contributed by atoms with Crippen molar-refractivity contribution in [3.63, 3.8) is 0 Å². The molecule has 6 nitrogen and oxygen atoms in total. The highest BCUT2D eigenvalue weighted by atomic mass is 79.9. The van der Waals surface area contributed by atoms with Gasteiger partial charge in [0.15, 0.2) is 6.61 Å². The summed E-state index contributed by atoms with van der Waals surface area (Å²) in [7, 11) is 0. The summed E-state index contributed by atoms with van der Waals surface area (Å²) < 4.78 is 19.2. The van der Waals surface area contributed by atoms with Crippen LogP contribution in [0.25, 0.3) is 0 Å². The van der Waals surface area contributed by atoms with Gasteiger partial charge in [-0.15, -0.1) is 0 Å². The number of ether oxygens (including phenoxy) is 1. The van der Waals surface area contributed by atoms with E-state index in [2.05, 4.69) is 48.0 Å². The van der Waals surface area contributed by atoms with Gasteiger partial charge < -0.3 is 10.1 Å². The number of anilines is 1. The molecule has 126 valence electrons. The predicted molar refractivity (Wildman–Crippen MR) is 94.0 cm³/mol. The fourth-order valence-corrected chi connectivity index (χ4v) is 3.01. The van der Waals surface area contributed by atoms with Crippen LogP contribution >= 0.6 is 31.9 Å². The quantitative estimate of drug-likeness (QED) is 0.610. The standard InChI is InChI=1S/C15H12Br2FN3O3/c16-11-6-9(18)7-12(17)14(11)24-8-13(22)20-21-15(23)19-10-4-2-1-3-5-10/h1-7H,8H2,(H,20,22)(H2,19,21,23). The summed E-state index contributed by atoms with van der Waals surface area (Å²) in [5.41, 5.74) is 4.97. The normalized spacial score (nSPS) is 9.96. The number of carbonyl (C=O) groups excluding carboxylic acids is 2. The number of amides is 3. The average molecular weight is 461 g/mol. The van der Waals surface area contributed by atoms with Gasteiger partial charge in [0.2, 0.25) is 0 Å². The molecule has 0 aliphatic rings. The minimum Gasteiger partial charge on any atom is -0.481 e. The SMILES string of the molecule is O=C(COc1c(Br)cc(F)cc1Br)NNC(=O)Nc1ccccc1. The molecule has 0 radical (unpaired) electrons. The van der Waals surface area contributed by atoms with E-state index in [-0.39, 0.29) is 12.4 Å². The van der Waals surface area contributed by atoms with E-state index in [0.29, 0.717) is 14.6 Å². The summed E-state index contributed by atoms with van der Waals surface area (Å²) in [6.07, 6.45) is 0. The molecule has 0 aliphatic carbocycles. The molecule has 0 fully saturated rings. The third kappa shape index (κ3) is 5.50. The van der Waals surface area contributed by atoms with Crippen LogP contribution in [0.5, 0.6) is 5.75 Å². The minimum absolute atomic E-state index is 0.278. The molecule has 2 aromatic carbocycles. The van der Waals surface area contributed by atoms with Gasteiger partial charge in [0.05, 0.1) is 8.95 Å². The number of para-hydroxylation sites is 1. The first-order valence-corrected chi connectivity index (χ1v) is 8.22. The van der Waals surface area contributed by atoms with Crippen molar-refractivity contribution < 1.29 is 18.7 Å². The maximum absolute atomic E-state index is 13.1. The molecule has 0 heterocycles. The molecule has 9 heteroatoms.